The maximum atomic E-state index is 8.19. The van der Waals surface area contributed by atoms with Crippen LogP contribution in [0.4, 0.5) is 5.69 Å². The van der Waals surface area contributed by atoms with Crippen molar-refractivity contribution in [2.75, 3.05) is 4.90 Å². The van der Waals surface area contributed by atoms with Gasteiger partial charge in [-0.25, -0.2) is 0 Å². The summed E-state index contributed by atoms with van der Waals surface area (Å²) < 4.78 is 0. The molecule has 0 fully saturated rings. The molecule has 1 aliphatic heterocycles. The van der Waals surface area contributed by atoms with Crippen molar-refractivity contribution in [2.45, 2.75) is 13.5 Å². The maximum absolute atomic E-state index is 8.19. The first kappa shape index (κ1) is 10.0. The van der Waals surface area contributed by atoms with Crippen LogP contribution >= 0.6 is 0 Å². The molecule has 2 heterocycles. The number of rotatable bonds is 1. The Labute approximate surface area is 100 Å². The van der Waals surface area contributed by atoms with Crippen LogP contribution in [0.1, 0.15) is 16.7 Å². The van der Waals surface area contributed by atoms with Gasteiger partial charge in [0.05, 0.1) is 18.4 Å². The van der Waals surface area contributed by atoms with Gasteiger partial charge in [0.1, 0.15) is 5.84 Å². The fourth-order valence-electron chi connectivity index (χ4n) is 2.19. The smallest absolute Gasteiger partial charge is 0.133 e. The van der Waals surface area contributed by atoms with Crippen LogP contribution < -0.4 is 4.90 Å². The Kier molecular flexibility index (Phi) is 2.18. The number of benzene rings is 1. The second kappa shape index (κ2) is 3.70. The molecule has 3 rings (SSSR count). The minimum Gasteiger partial charge on any atom is -0.320 e. The van der Waals surface area contributed by atoms with E-state index in [0.717, 1.165) is 23.4 Å². The molecule has 0 atom stereocenters. The van der Waals surface area contributed by atoms with Gasteiger partial charge in [0.15, 0.2) is 0 Å². The summed E-state index contributed by atoms with van der Waals surface area (Å²) in [6.07, 6.45) is 3.64. The Morgan fingerprint density at radius 3 is 2.82 bits per heavy atom. The normalized spacial score (nSPS) is 13.9. The molecule has 84 valence electrons. The Balaban J connectivity index is 2.02. The molecule has 1 aromatic carbocycles. The molecule has 0 saturated heterocycles. The highest BCUT2D eigenvalue weighted by molar-refractivity contribution is 6.11. The largest absolute Gasteiger partial charge is 0.320 e. The fourth-order valence-corrected chi connectivity index (χ4v) is 2.19. The number of aryl methyl sites for hydroxylation is 1. The summed E-state index contributed by atoms with van der Waals surface area (Å²) in [5.74, 6) is 0.563. The SMILES string of the molecule is Cc1cncc(N2Cc3ccccc3C2=N)c1. The zero-order valence-electron chi connectivity index (χ0n) is 9.64. The van der Waals surface area contributed by atoms with Gasteiger partial charge in [-0.2, -0.15) is 0 Å². The molecule has 0 radical (unpaired) electrons. The predicted molar refractivity (Wildman–Crippen MR) is 68.4 cm³/mol. The number of nitrogens with one attached hydrogen (secondary N) is 1. The standard InChI is InChI=1S/C14H13N3/c1-10-6-12(8-16-7-10)17-9-11-4-2-3-5-13(11)14(17)15/h2-8,15H,9H2,1H3. The molecule has 1 aromatic heterocycles. The van der Waals surface area contributed by atoms with Crippen LogP contribution in [0.3, 0.4) is 0 Å². The van der Waals surface area contributed by atoms with Crippen molar-refractivity contribution in [3.05, 3.63) is 59.4 Å². The molecular weight excluding hydrogens is 210 g/mol. The Morgan fingerprint density at radius 1 is 1.24 bits per heavy atom. The van der Waals surface area contributed by atoms with Gasteiger partial charge in [-0.05, 0) is 24.1 Å². The average molecular weight is 223 g/mol. The number of nitrogens with zero attached hydrogens (tertiary/aromatic N) is 2. The van der Waals surface area contributed by atoms with Gasteiger partial charge in [0.2, 0.25) is 0 Å². The van der Waals surface area contributed by atoms with Crippen LogP contribution in [0, 0.1) is 12.3 Å². The van der Waals surface area contributed by atoms with Crippen molar-refractivity contribution in [1.29, 1.82) is 5.41 Å². The maximum Gasteiger partial charge on any atom is 0.133 e. The fraction of sp³-hybridized carbons (Fsp3) is 0.143. The van der Waals surface area contributed by atoms with Crippen molar-refractivity contribution in [2.24, 2.45) is 0 Å². The first-order valence-corrected chi connectivity index (χ1v) is 5.62. The van der Waals surface area contributed by atoms with E-state index < -0.39 is 0 Å². The number of pyridine rings is 1. The third-order valence-electron chi connectivity index (χ3n) is 3.04. The molecule has 17 heavy (non-hydrogen) atoms. The second-order valence-electron chi connectivity index (χ2n) is 4.31. The lowest BCUT2D eigenvalue weighted by atomic mass is 10.1. The van der Waals surface area contributed by atoms with Crippen LogP contribution in [0.25, 0.3) is 0 Å². The van der Waals surface area contributed by atoms with Gasteiger partial charge in [-0.3, -0.25) is 10.4 Å². The van der Waals surface area contributed by atoms with E-state index in [-0.39, 0.29) is 0 Å². The number of fused-ring (bicyclic) bond motifs is 1. The van der Waals surface area contributed by atoms with Crippen molar-refractivity contribution >= 4 is 11.5 Å². The molecule has 0 saturated carbocycles. The van der Waals surface area contributed by atoms with E-state index in [2.05, 4.69) is 17.1 Å². The minimum atomic E-state index is 0.563. The third kappa shape index (κ3) is 1.60. The number of hydrogen-bond donors (Lipinski definition) is 1. The van der Waals surface area contributed by atoms with Gasteiger partial charge in [-0.15, -0.1) is 0 Å². The molecule has 0 aliphatic carbocycles. The lowest BCUT2D eigenvalue weighted by molar-refractivity contribution is 1.03. The van der Waals surface area contributed by atoms with Crippen LogP contribution in [0.15, 0.2) is 42.7 Å². The first-order chi connectivity index (χ1) is 8.25. The molecule has 0 unspecified atom stereocenters. The number of anilines is 1. The van der Waals surface area contributed by atoms with Gasteiger partial charge >= 0.3 is 0 Å². The lowest BCUT2D eigenvalue weighted by Gasteiger charge is -2.17. The molecule has 0 amide bonds. The zero-order valence-corrected chi connectivity index (χ0v) is 9.64. The lowest BCUT2D eigenvalue weighted by Crippen LogP contribution is -2.23. The molecular formula is C14H13N3. The summed E-state index contributed by atoms with van der Waals surface area (Å²) in [7, 11) is 0. The van der Waals surface area contributed by atoms with Crippen molar-refractivity contribution in [1.82, 2.24) is 4.98 Å². The van der Waals surface area contributed by atoms with E-state index in [0.29, 0.717) is 5.84 Å². The Hall–Kier alpha value is -2.16. The molecule has 1 aliphatic rings. The quantitative estimate of drug-likeness (QED) is 0.807. The van der Waals surface area contributed by atoms with Crippen LogP contribution in [-0.4, -0.2) is 10.8 Å². The van der Waals surface area contributed by atoms with Crippen LogP contribution in [0.5, 0.6) is 0 Å². The van der Waals surface area contributed by atoms with E-state index >= 15 is 0 Å². The highest BCUT2D eigenvalue weighted by atomic mass is 15.2. The number of hydrogen-bond acceptors (Lipinski definition) is 2. The summed E-state index contributed by atoms with van der Waals surface area (Å²) in [5.41, 5.74) is 4.34. The van der Waals surface area contributed by atoms with E-state index in [4.69, 9.17) is 5.41 Å². The molecule has 0 bridgehead atoms. The third-order valence-corrected chi connectivity index (χ3v) is 3.04. The molecule has 0 spiro atoms. The van der Waals surface area contributed by atoms with Gasteiger partial charge < -0.3 is 4.90 Å². The number of aromatic nitrogens is 1. The van der Waals surface area contributed by atoms with E-state index in [1.807, 2.05) is 42.4 Å². The molecule has 2 aromatic rings. The topological polar surface area (TPSA) is 40.0 Å². The summed E-state index contributed by atoms with van der Waals surface area (Å²) in [6, 6.07) is 10.1. The highest BCUT2D eigenvalue weighted by Crippen LogP contribution is 2.27. The molecule has 1 N–H and O–H groups in total. The van der Waals surface area contributed by atoms with Crippen LogP contribution in [-0.2, 0) is 6.54 Å². The monoisotopic (exact) mass is 223 g/mol. The second-order valence-corrected chi connectivity index (χ2v) is 4.31. The zero-order chi connectivity index (χ0) is 11.8. The number of amidine groups is 1. The summed E-state index contributed by atoms with van der Waals surface area (Å²) in [6.45, 7) is 2.78. The highest BCUT2D eigenvalue weighted by Gasteiger charge is 2.24. The van der Waals surface area contributed by atoms with Gasteiger partial charge in [0.25, 0.3) is 0 Å². The minimum absolute atomic E-state index is 0.563. The molecule has 3 heteroatoms. The Bertz CT molecular complexity index is 590. The van der Waals surface area contributed by atoms with Crippen molar-refractivity contribution in [3.8, 4) is 0 Å². The van der Waals surface area contributed by atoms with E-state index in [9.17, 15) is 0 Å². The van der Waals surface area contributed by atoms with E-state index in [1.165, 1.54) is 5.56 Å². The van der Waals surface area contributed by atoms with Crippen molar-refractivity contribution in [3.63, 3.8) is 0 Å². The van der Waals surface area contributed by atoms with E-state index in [1.54, 1.807) is 0 Å². The predicted octanol–water partition coefficient (Wildman–Crippen LogP) is 2.74. The molecule has 3 nitrogen and oxygen atoms in total. The summed E-state index contributed by atoms with van der Waals surface area (Å²) in [4.78, 5) is 6.18. The first-order valence-electron chi connectivity index (χ1n) is 5.62. The average Bonchev–Trinajstić information content (AvgIpc) is 2.68. The summed E-state index contributed by atoms with van der Waals surface area (Å²) >= 11 is 0. The summed E-state index contributed by atoms with van der Waals surface area (Å²) in [5, 5.41) is 8.19. The Morgan fingerprint density at radius 2 is 2.06 bits per heavy atom. The van der Waals surface area contributed by atoms with Crippen LogP contribution in [0.2, 0.25) is 0 Å². The van der Waals surface area contributed by atoms with Gasteiger partial charge in [0, 0.05) is 11.8 Å². The van der Waals surface area contributed by atoms with Crippen molar-refractivity contribution < 1.29 is 0 Å². The van der Waals surface area contributed by atoms with Gasteiger partial charge in [-0.1, -0.05) is 24.3 Å².